The number of carbonyl (C=O) groups excluding carboxylic acids is 3. The summed E-state index contributed by atoms with van der Waals surface area (Å²) in [4.78, 5) is 34.1. The van der Waals surface area contributed by atoms with Gasteiger partial charge in [-0.1, -0.05) is 11.8 Å². The molecule has 0 spiro atoms. The molecule has 0 radical (unpaired) electrons. The summed E-state index contributed by atoms with van der Waals surface area (Å²) >= 11 is 1.24. The average molecular weight is 279 g/mol. The third kappa shape index (κ3) is 3.57. The lowest BCUT2D eigenvalue weighted by atomic mass is 10.2. The Labute approximate surface area is 114 Å². The van der Waals surface area contributed by atoms with E-state index in [9.17, 15) is 14.4 Å². The molecule has 1 N–H and O–H groups in total. The summed E-state index contributed by atoms with van der Waals surface area (Å²) in [6.07, 6.45) is 0.667. The zero-order valence-electron chi connectivity index (χ0n) is 10.3. The quantitative estimate of drug-likeness (QED) is 0.668. The number of amides is 1. The second-order valence-electron chi connectivity index (χ2n) is 4.10. The summed E-state index contributed by atoms with van der Waals surface area (Å²) in [5.41, 5.74) is 0.431. The Kier molecular flexibility index (Phi) is 4.21. The summed E-state index contributed by atoms with van der Waals surface area (Å²) in [5, 5.41) is 2.69. The highest BCUT2D eigenvalue weighted by atomic mass is 32.2. The fourth-order valence-corrected chi connectivity index (χ4v) is 2.64. The fourth-order valence-electron chi connectivity index (χ4n) is 1.71. The molecule has 1 aromatic carbocycles. The number of carbonyl (C=O) groups is 3. The summed E-state index contributed by atoms with van der Waals surface area (Å²) in [6, 6.07) is 5.80. The molecule has 1 saturated heterocycles. The van der Waals surface area contributed by atoms with E-state index < -0.39 is 12.0 Å². The molecule has 0 saturated carbocycles. The third-order valence-corrected chi connectivity index (χ3v) is 3.63. The minimum absolute atomic E-state index is 0.00452. The Morgan fingerprint density at radius 1 is 1.32 bits per heavy atom. The Bertz CT molecular complexity index is 512. The van der Waals surface area contributed by atoms with E-state index in [0.29, 0.717) is 17.7 Å². The van der Waals surface area contributed by atoms with E-state index in [2.05, 4.69) is 5.32 Å². The number of nitrogens with one attached hydrogen (secondary N) is 1. The second-order valence-corrected chi connectivity index (χ2v) is 5.20. The van der Waals surface area contributed by atoms with Crippen molar-refractivity contribution in [1.82, 2.24) is 5.32 Å². The molecule has 6 heteroatoms. The molecule has 0 aromatic heterocycles. The van der Waals surface area contributed by atoms with Gasteiger partial charge in [-0.05, 0) is 30.7 Å². The maximum atomic E-state index is 11.9. The van der Waals surface area contributed by atoms with Crippen LogP contribution in [-0.4, -0.2) is 28.8 Å². The van der Waals surface area contributed by atoms with Crippen LogP contribution in [0.2, 0.25) is 0 Å². The van der Waals surface area contributed by atoms with E-state index in [-0.39, 0.29) is 11.0 Å². The summed E-state index contributed by atoms with van der Waals surface area (Å²) < 4.78 is 4.87. The zero-order valence-corrected chi connectivity index (χ0v) is 11.2. The molecule has 1 aromatic rings. The van der Waals surface area contributed by atoms with Crippen molar-refractivity contribution in [2.24, 2.45) is 0 Å². The van der Waals surface area contributed by atoms with Gasteiger partial charge in [-0.25, -0.2) is 0 Å². The number of thioether (sulfide) groups is 1. The van der Waals surface area contributed by atoms with E-state index in [1.807, 2.05) is 0 Å². The highest BCUT2D eigenvalue weighted by Crippen LogP contribution is 2.20. The molecule has 1 atom stereocenters. The van der Waals surface area contributed by atoms with Gasteiger partial charge >= 0.3 is 5.97 Å². The highest BCUT2D eigenvalue weighted by molar-refractivity contribution is 8.14. The lowest BCUT2D eigenvalue weighted by Crippen LogP contribution is -2.37. The van der Waals surface area contributed by atoms with Gasteiger partial charge < -0.3 is 10.1 Å². The largest absolute Gasteiger partial charge is 0.427 e. The van der Waals surface area contributed by atoms with Crippen LogP contribution in [0.1, 0.15) is 23.7 Å². The number of ether oxygens (including phenoxy) is 1. The average Bonchev–Trinajstić information content (AvgIpc) is 2.75. The van der Waals surface area contributed by atoms with Gasteiger partial charge in [0.2, 0.25) is 5.12 Å². The number of hydrogen-bond acceptors (Lipinski definition) is 5. The van der Waals surface area contributed by atoms with Gasteiger partial charge in [-0.15, -0.1) is 0 Å². The summed E-state index contributed by atoms with van der Waals surface area (Å²) in [5.74, 6) is 0.423. The Morgan fingerprint density at radius 3 is 2.53 bits per heavy atom. The van der Waals surface area contributed by atoms with Crippen LogP contribution in [0, 0.1) is 0 Å². The minimum Gasteiger partial charge on any atom is -0.427 e. The molecule has 1 heterocycles. The molecule has 0 unspecified atom stereocenters. The predicted octanol–water partition coefficient (Wildman–Crippen LogP) is 1.37. The molecule has 100 valence electrons. The molecule has 0 bridgehead atoms. The van der Waals surface area contributed by atoms with Gasteiger partial charge in [0.05, 0.1) is 6.04 Å². The van der Waals surface area contributed by atoms with Gasteiger partial charge in [0, 0.05) is 18.2 Å². The number of hydrogen-bond donors (Lipinski definition) is 1. The standard InChI is InChI=1S/C13H13NO4S/c1-8(15)18-10-4-2-9(3-5-10)12(16)14-11-6-7-19-13(11)17/h2-5,11H,6-7H2,1H3,(H,14,16)/t11-/m1/s1. The Morgan fingerprint density at radius 2 is 2.00 bits per heavy atom. The van der Waals surface area contributed by atoms with Gasteiger partial charge in [-0.3, -0.25) is 14.4 Å². The van der Waals surface area contributed by atoms with Crippen LogP contribution in [0.25, 0.3) is 0 Å². The SMILES string of the molecule is CC(=O)Oc1ccc(C(=O)N[C@@H]2CCSC2=O)cc1. The maximum absolute atomic E-state index is 11.9. The lowest BCUT2D eigenvalue weighted by molar-refractivity contribution is -0.131. The van der Waals surface area contributed by atoms with E-state index in [1.165, 1.54) is 18.7 Å². The molecule has 1 amide bonds. The van der Waals surface area contributed by atoms with Gasteiger partial charge in [-0.2, -0.15) is 0 Å². The molecular weight excluding hydrogens is 266 g/mol. The van der Waals surface area contributed by atoms with E-state index in [4.69, 9.17) is 4.74 Å². The summed E-state index contributed by atoms with van der Waals surface area (Å²) in [6.45, 7) is 1.31. The van der Waals surface area contributed by atoms with Crippen LogP contribution >= 0.6 is 11.8 Å². The van der Waals surface area contributed by atoms with Crippen molar-refractivity contribution in [3.8, 4) is 5.75 Å². The smallest absolute Gasteiger partial charge is 0.308 e. The molecule has 19 heavy (non-hydrogen) atoms. The normalized spacial score (nSPS) is 18.2. The van der Waals surface area contributed by atoms with Crippen molar-refractivity contribution in [1.29, 1.82) is 0 Å². The van der Waals surface area contributed by atoms with E-state index in [1.54, 1.807) is 24.3 Å². The first-order chi connectivity index (χ1) is 9.06. The molecule has 1 aliphatic rings. The zero-order chi connectivity index (χ0) is 13.8. The minimum atomic E-state index is -0.411. The van der Waals surface area contributed by atoms with Crippen LogP contribution in [0.3, 0.4) is 0 Å². The van der Waals surface area contributed by atoms with Gasteiger partial charge in [0.15, 0.2) is 0 Å². The van der Waals surface area contributed by atoms with Crippen molar-refractivity contribution in [3.63, 3.8) is 0 Å². The first kappa shape index (κ1) is 13.6. The number of rotatable bonds is 3. The van der Waals surface area contributed by atoms with Crippen LogP contribution in [0.15, 0.2) is 24.3 Å². The first-order valence-corrected chi connectivity index (χ1v) is 6.81. The monoisotopic (exact) mass is 279 g/mol. The van der Waals surface area contributed by atoms with E-state index in [0.717, 1.165) is 5.75 Å². The van der Waals surface area contributed by atoms with Crippen LogP contribution in [-0.2, 0) is 9.59 Å². The molecule has 1 aliphatic heterocycles. The van der Waals surface area contributed by atoms with Crippen LogP contribution in [0.4, 0.5) is 0 Å². The molecular formula is C13H13NO4S. The van der Waals surface area contributed by atoms with Crippen LogP contribution in [0.5, 0.6) is 5.75 Å². The first-order valence-electron chi connectivity index (χ1n) is 5.82. The summed E-state index contributed by atoms with van der Waals surface area (Å²) in [7, 11) is 0. The molecule has 1 fully saturated rings. The maximum Gasteiger partial charge on any atom is 0.308 e. The predicted molar refractivity (Wildman–Crippen MR) is 71.1 cm³/mol. The number of esters is 1. The fraction of sp³-hybridized carbons (Fsp3) is 0.308. The van der Waals surface area contributed by atoms with Gasteiger partial charge in [0.1, 0.15) is 5.75 Å². The van der Waals surface area contributed by atoms with Crippen molar-refractivity contribution in [2.45, 2.75) is 19.4 Å². The van der Waals surface area contributed by atoms with Crippen molar-refractivity contribution in [2.75, 3.05) is 5.75 Å². The molecule has 5 nitrogen and oxygen atoms in total. The highest BCUT2D eigenvalue weighted by Gasteiger charge is 2.26. The van der Waals surface area contributed by atoms with Crippen molar-refractivity contribution < 1.29 is 19.1 Å². The van der Waals surface area contributed by atoms with Gasteiger partial charge in [0.25, 0.3) is 5.91 Å². The third-order valence-electron chi connectivity index (χ3n) is 2.62. The van der Waals surface area contributed by atoms with Crippen molar-refractivity contribution >= 4 is 28.8 Å². The van der Waals surface area contributed by atoms with E-state index >= 15 is 0 Å². The topological polar surface area (TPSA) is 72.5 Å². The second kappa shape index (κ2) is 5.88. The lowest BCUT2D eigenvalue weighted by Gasteiger charge is -2.10. The molecule has 2 rings (SSSR count). The Balaban J connectivity index is 1.99. The Hall–Kier alpha value is -1.82. The van der Waals surface area contributed by atoms with Crippen molar-refractivity contribution in [3.05, 3.63) is 29.8 Å². The molecule has 0 aliphatic carbocycles. The number of benzene rings is 1. The van der Waals surface area contributed by atoms with Crippen LogP contribution < -0.4 is 10.1 Å².